The molecule has 0 bridgehead atoms. The zero-order valence-electron chi connectivity index (χ0n) is 15.9. The van der Waals surface area contributed by atoms with Crippen LogP contribution in [0.15, 0.2) is 47.6 Å². The number of guanidine groups is 1. The van der Waals surface area contributed by atoms with E-state index in [-0.39, 0.29) is 5.82 Å². The molecule has 0 saturated carbocycles. The summed E-state index contributed by atoms with van der Waals surface area (Å²) in [6.45, 7) is 6.30. The van der Waals surface area contributed by atoms with Crippen molar-refractivity contribution in [3.63, 3.8) is 0 Å². The first kappa shape index (κ1) is 19.1. The Morgan fingerprint density at radius 1 is 1.15 bits per heavy atom. The lowest BCUT2D eigenvalue weighted by molar-refractivity contribution is 0.625. The molecule has 144 valence electrons. The van der Waals surface area contributed by atoms with E-state index in [1.54, 1.807) is 12.1 Å². The number of benzene rings is 1. The van der Waals surface area contributed by atoms with Crippen molar-refractivity contribution in [1.82, 2.24) is 15.6 Å². The number of hydrogen-bond donors (Lipinski definition) is 2. The molecule has 1 aromatic carbocycles. The monoisotopic (exact) mass is 369 g/mol. The number of nitrogens with zero attached hydrogens (tertiary/aromatic N) is 3. The number of anilines is 1. The van der Waals surface area contributed by atoms with Crippen molar-refractivity contribution in [2.75, 3.05) is 31.1 Å². The molecule has 0 aliphatic carbocycles. The number of aliphatic imine (C=N–C) groups is 1. The van der Waals surface area contributed by atoms with Crippen LogP contribution in [-0.4, -0.2) is 37.1 Å². The topological polar surface area (TPSA) is 52.6 Å². The molecule has 3 rings (SSSR count). The Bertz CT molecular complexity index is 738. The Morgan fingerprint density at radius 3 is 2.70 bits per heavy atom. The SMILES string of the molecule is CCNC(=NCc1ccc(N2CCCC2)nc1)NCCc1cccc(F)c1. The molecule has 1 aliphatic rings. The quantitative estimate of drug-likeness (QED) is 0.582. The predicted octanol–water partition coefficient (Wildman–Crippen LogP) is 3.12. The van der Waals surface area contributed by atoms with E-state index in [1.165, 1.54) is 18.9 Å². The Kier molecular flexibility index (Phi) is 7.02. The van der Waals surface area contributed by atoms with Gasteiger partial charge in [0.1, 0.15) is 11.6 Å². The van der Waals surface area contributed by atoms with Crippen LogP contribution in [0.25, 0.3) is 0 Å². The van der Waals surface area contributed by atoms with Gasteiger partial charge in [0.15, 0.2) is 5.96 Å². The van der Waals surface area contributed by atoms with E-state index in [4.69, 9.17) is 0 Å². The first-order valence-electron chi connectivity index (χ1n) is 9.71. The van der Waals surface area contributed by atoms with Crippen LogP contribution in [0.5, 0.6) is 0 Å². The lowest BCUT2D eigenvalue weighted by Gasteiger charge is -2.16. The third kappa shape index (κ3) is 5.94. The first-order valence-corrected chi connectivity index (χ1v) is 9.71. The third-order valence-corrected chi connectivity index (χ3v) is 4.60. The van der Waals surface area contributed by atoms with Crippen molar-refractivity contribution in [2.45, 2.75) is 32.7 Å². The highest BCUT2D eigenvalue weighted by atomic mass is 19.1. The van der Waals surface area contributed by atoms with E-state index in [0.29, 0.717) is 13.1 Å². The summed E-state index contributed by atoms with van der Waals surface area (Å²) in [6, 6.07) is 10.9. The smallest absolute Gasteiger partial charge is 0.191 e. The fraction of sp³-hybridized carbons (Fsp3) is 0.429. The fourth-order valence-electron chi connectivity index (χ4n) is 3.17. The zero-order chi connectivity index (χ0) is 18.9. The van der Waals surface area contributed by atoms with Crippen molar-refractivity contribution >= 4 is 11.8 Å². The van der Waals surface area contributed by atoms with Gasteiger partial charge in [-0.1, -0.05) is 18.2 Å². The molecular weight excluding hydrogens is 341 g/mol. The molecule has 5 nitrogen and oxygen atoms in total. The highest BCUT2D eigenvalue weighted by Gasteiger charge is 2.12. The highest BCUT2D eigenvalue weighted by molar-refractivity contribution is 5.79. The molecule has 0 atom stereocenters. The van der Waals surface area contributed by atoms with Crippen LogP contribution in [0.3, 0.4) is 0 Å². The first-order chi connectivity index (χ1) is 13.2. The highest BCUT2D eigenvalue weighted by Crippen LogP contribution is 2.17. The molecule has 6 heteroatoms. The number of nitrogens with one attached hydrogen (secondary N) is 2. The molecule has 1 fully saturated rings. The molecule has 0 unspecified atom stereocenters. The van der Waals surface area contributed by atoms with E-state index >= 15 is 0 Å². The molecular formula is C21H28FN5. The van der Waals surface area contributed by atoms with Gasteiger partial charge in [-0.15, -0.1) is 0 Å². The molecule has 1 saturated heterocycles. The summed E-state index contributed by atoms with van der Waals surface area (Å²) in [5.74, 6) is 1.62. The fourth-order valence-corrected chi connectivity index (χ4v) is 3.17. The van der Waals surface area contributed by atoms with Crippen molar-refractivity contribution in [2.24, 2.45) is 4.99 Å². The normalized spacial score (nSPS) is 14.4. The number of aromatic nitrogens is 1. The zero-order valence-corrected chi connectivity index (χ0v) is 15.9. The number of pyridine rings is 1. The van der Waals surface area contributed by atoms with Crippen molar-refractivity contribution in [3.05, 3.63) is 59.5 Å². The number of halogens is 1. The van der Waals surface area contributed by atoms with E-state index in [1.807, 2.05) is 19.2 Å². The molecule has 27 heavy (non-hydrogen) atoms. The maximum atomic E-state index is 13.2. The third-order valence-electron chi connectivity index (χ3n) is 4.60. The molecule has 2 aromatic rings. The largest absolute Gasteiger partial charge is 0.357 e. The van der Waals surface area contributed by atoms with Gasteiger partial charge in [0, 0.05) is 32.4 Å². The standard InChI is InChI=1S/C21H28FN5/c1-2-23-21(24-11-10-17-6-5-7-19(22)14-17)26-16-18-8-9-20(25-15-18)27-12-3-4-13-27/h5-9,14-15H,2-4,10-13,16H2,1H3,(H2,23,24,26). The summed E-state index contributed by atoms with van der Waals surface area (Å²) in [4.78, 5) is 11.5. The molecule has 0 radical (unpaired) electrons. The summed E-state index contributed by atoms with van der Waals surface area (Å²) < 4.78 is 13.2. The van der Waals surface area contributed by atoms with Gasteiger partial charge in [-0.3, -0.25) is 0 Å². The molecule has 2 N–H and O–H groups in total. The van der Waals surface area contributed by atoms with Gasteiger partial charge in [-0.25, -0.2) is 14.4 Å². The van der Waals surface area contributed by atoms with Gasteiger partial charge in [-0.05, 0) is 55.5 Å². The van der Waals surface area contributed by atoms with Crippen LogP contribution in [0.4, 0.5) is 10.2 Å². The van der Waals surface area contributed by atoms with Crippen LogP contribution >= 0.6 is 0 Å². The summed E-state index contributed by atoms with van der Waals surface area (Å²) in [7, 11) is 0. The maximum absolute atomic E-state index is 13.2. The molecule has 1 aromatic heterocycles. The Morgan fingerprint density at radius 2 is 2.00 bits per heavy atom. The van der Waals surface area contributed by atoms with Crippen LogP contribution < -0.4 is 15.5 Å². The average molecular weight is 369 g/mol. The van der Waals surface area contributed by atoms with Crippen molar-refractivity contribution < 1.29 is 4.39 Å². The lowest BCUT2D eigenvalue weighted by Crippen LogP contribution is -2.38. The average Bonchev–Trinajstić information content (AvgIpc) is 3.21. The number of rotatable bonds is 7. The summed E-state index contributed by atoms with van der Waals surface area (Å²) >= 11 is 0. The van der Waals surface area contributed by atoms with Gasteiger partial charge in [0.2, 0.25) is 0 Å². The Hall–Kier alpha value is -2.63. The second kappa shape index (κ2) is 9.90. The van der Waals surface area contributed by atoms with Gasteiger partial charge in [-0.2, -0.15) is 0 Å². The van der Waals surface area contributed by atoms with E-state index < -0.39 is 0 Å². The predicted molar refractivity (Wildman–Crippen MR) is 109 cm³/mol. The van der Waals surface area contributed by atoms with E-state index in [2.05, 4.69) is 37.6 Å². The van der Waals surface area contributed by atoms with Crippen LogP contribution in [0.2, 0.25) is 0 Å². The van der Waals surface area contributed by atoms with Gasteiger partial charge in [0.05, 0.1) is 6.54 Å². The van der Waals surface area contributed by atoms with Gasteiger partial charge in [0.25, 0.3) is 0 Å². The lowest BCUT2D eigenvalue weighted by atomic mass is 10.1. The minimum atomic E-state index is -0.196. The summed E-state index contributed by atoms with van der Waals surface area (Å²) in [5, 5.41) is 6.55. The maximum Gasteiger partial charge on any atom is 0.191 e. The van der Waals surface area contributed by atoms with Crippen molar-refractivity contribution in [3.8, 4) is 0 Å². The van der Waals surface area contributed by atoms with Crippen LogP contribution in [-0.2, 0) is 13.0 Å². The van der Waals surface area contributed by atoms with Gasteiger partial charge >= 0.3 is 0 Å². The minimum absolute atomic E-state index is 0.196. The van der Waals surface area contributed by atoms with E-state index in [0.717, 1.165) is 49.0 Å². The molecule has 0 spiro atoms. The van der Waals surface area contributed by atoms with E-state index in [9.17, 15) is 4.39 Å². The van der Waals surface area contributed by atoms with Gasteiger partial charge < -0.3 is 15.5 Å². The minimum Gasteiger partial charge on any atom is -0.357 e. The number of hydrogen-bond acceptors (Lipinski definition) is 3. The van der Waals surface area contributed by atoms with Crippen molar-refractivity contribution in [1.29, 1.82) is 0 Å². The molecule has 2 heterocycles. The second-order valence-corrected chi connectivity index (χ2v) is 6.72. The second-order valence-electron chi connectivity index (χ2n) is 6.72. The molecule has 1 aliphatic heterocycles. The Balaban J connectivity index is 1.51. The Labute approximate surface area is 160 Å². The molecule has 0 amide bonds. The summed E-state index contributed by atoms with van der Waals surface area (Å²) in [6.07, 6.45) is 5.16. The summed E-state index contributed by atoms with van der Waals surface area (Å²) in [5.41, 5.74) is 2.06. The van der Waals surface area contributed by atoms with Crippen LogP contribution in [0, 0.1) is 5.82 Å². The van der Waals surface area contributed by atoms with Crippen LogP contribution in [0.1, 0.15) is 30.9 Å².